The van der Waals surface area contributed by atoms with Gasteiger partial charge in [-0.15, -0.1) is 0 Å². The van der Waals surface area contributed by atoms with E-state index in [0.717, 1.165) is 52.9 Å². The standard InChI is InChI=1S/C31H33NO2/c1-5-6-22-26-27(23-16-10-7-11-17-23)29(25-20-14-9-15-21-25)32(30(33)34-31(2,3)4)28(26)24-18-12-8-13-19-24/h7-21H,5-6,22H2,1-4H3. The van der Waals surface area contributed by atoms with Gasteiger partial charge < -0.3 is 4.74 Å². The Morgan fingerprint density at radius 3 is 1.68 bits per heavy atom. The van der Waals surface area contributed by atoms with Crippen LogP contribution in [0.25, 0.3) is 33.6 Å². The molecule has 0 saturated heterocycles. The first-order chi connectivity index (χ1) is 16.4. The Hall–Kier alpha value is -3.59. The Morgan fingerprint density at radius 2 is 1.21 bits per heavy atom. The molecule has 4 aromatic rings. The predicted molar refractivity (Wildman–Crippen MR) is 141 cm³/mol. The largest absolute Gasteiger partial charge is 0.443 e. The van der Waals surface area contributed by atoms with Crippen molar-refractivity contribution in [2.24, 2.45) is 0 Å². The molecule has 0 atom stereocenters. The molecule has 3 aromatic carbocycles. The van der Waals surface area contributed by atoms with Crippen LogP contribution in [0.3, 0.4) is 0 Å². The maximum Gasteiger partial charge on any atom is 0.419 e. The van der Waals surface area contributed by atoms with Gasteiger partial charge in [-0.3, -0.25) is 0 Å². The second-order valence-electron chi connectivity index (χ2n) is 9.57. The molecule has 3 heteroatoms. The molecular weight excluding hydrogens is 418 g/mol. The molecule has 0 aliphatic carbocycles. The van der Waals surface area contributed by atoms with Gasteiger partial charge in [-0.25, -0.2) is 9.36 Å². The monoisotopic (exact) mass is 451 g/mol. The van der Waals surface area contributed by atoms with E-state index in [9.17, 15) is 4.79 Å². The molecule has 0 fully saturated rings. The zero-order valence-corrected chi connectivity index (χ0v) is 20.5. The molecule has 4 rings (SSSR count). The van der Waals surface area contributed by atoms with Gasteiger partial charge >= 0.3 is 6.09 Å². The Bertz CT molecular complexity index is 1230. The molecule has 0 aliphatic rings. The fourth-order valence-corrected chi connectivity index (χ4v) is 4.39. The highest BCUT2D eigenvalue weighted by atomic mass is 16.6. The summed E-state index contributed by atoms with van der Waals surface area (Å²) < 4.78 is 7.79. The van der Waals surface area contributed by atoms with E-state index in [-0.39, 0.29) is 6.09 Å². The maximum atomic E-state index is 13.9. The Morgan fingerprint density at radius 1 is 0.735 bits per heavy atom. The summed E-state index contributed by atoms with van der Waals surface area (Å²) in [7, 11) is 0. The van der Waals surface area contributed by atoms with Crippen LogP contribution in [-0.4, -0.2) is 16.3 Å². The summed E-state index contributed by atoms with van der Waals surface area (Å²) >= 11 is 0. The highest BCUT2D eigenvalue weighted by Gasteiger charge is 2.31. The van der Waals surface area contributed by atoms with Crippen molar-refractivity contribution in [1.29, 1.82) is 0 Å². The van der Waals surface area contributed by atoms with Crippen LogP contribution < -0.4 is 0 Å². The molecule has 1 heterocycles. The third-order valence-electron chi connectivity index (χ3n) is 5.78. The van der Waals surface area contributed by atoms with E-state index >= 15 is 0 Å². The molecule has 0 spiro atoms. The Kier molecular flexibility index (Phi) is 7.02. The molecule has 0 bridgehead atoms. The van der Waals surface area contributed by atoms with Crippen LogP contribution in [0, 0.1) is 0 Å². The fraction of sp³-hybridized carbons (Fsp3) is 0.258. The molecule has 174 valence electrons. The van der Waals surface area contributed by atoms with Crippen LogP contribution in [-0.2, 0) is 11.2 Å². The lowest BCUT2D eigenvalue weighted by Gasteiger charge is -2.22. The minimum atomic E-state index is -0.611. The third-order valence-corrected chi connectivity index (χ3v) is 5.78. The van der Waals surface area contributed by atoms with Gasteiger partial charge in [0.2, 0.25) is 0 Å². The first-order valence-corrected chi connectivity index (χ1v) is 12.1. The lowest BCUT2D eigenvalue weighted by atomic mass is 9.93. The van der Waals surface area contributed by atoms with Gasteiger partial charge in [-0.2, -0.15) is 0 Å². The maximum absolute atomic E-state index is 13.9. The second-order valence-corrected chi connectivity index (χ2v) is 9.57. The first kappa shape index (κ1) is 23.6. The number of ether oxygens (including phenoxy) is 1. The number of hydrogen-bond donors (Lipinski definition) is 0. The number of carbonyl (C=O) groups excluding carboxylic acids is 1. The number of benzene rings is 3. The van der Waals surface area contributed by atoms with E-state index in [1.807, 2.05) is 67.8 Å². The summed E-state index contributed by atoms with van der Waals surface area (Å²) in [6, 6.07) is 30.8. The summed E-state index contributed by atoms with van der Waals surface area (Å²) in [6.45, 7) is 7.94. The van der Waals surface area contributed by atoms with Gasteiger partial charge in [-0.1, -0.05) is 104 Å². The number of carbonyl (C=O) groups is 1. The number of unbranched alkanes of at least 4 members (excludes halogenated alkanes) is 1. The van der Waals surface area contributed by atoms with Crippen LogP contribution in [0.1, 0.15) is 46.1 Å². The quantitative estimate of drug-likeness (QED) is 0.294. The Labute approximate surface area is 203 Å². The SMILES string of the molecule is CCCCc1c(-c2ccccc2)c(-c2ccccc2)n(C(=O)OC(C)(C)C)c1-c1ccccc1. The van der Waals surface area contributed by atoms with Crippen molar-refractivity contribution in [3.8, 4) is 33.6 Å². The topological polar surface area (TPSA) is 31.2 Å². The van der Waals surface area contributed by atoms with E-state index in [0.29, 0.717) is 0 Å². The van der Waals surface area contributed by atoms with Crippen LogP contribution in [0.2, 0.25) is 0 Å². The lowest BCUT2D eigenvalue weighted by molar-refractivity contribution is 0.0543. The zero-order valence-electron chi connectivity index (χ0n) is 20.5. The molecular formula is C31H33NO2. The smallest absolute Gasteiger partial charge is 0.419 e. The van der Waals surface area contributed by atoms with Crippen molar-refractivity contribution in [3.05, 3.63) is 96.6 Å². The molecule has 0 N–H and O–H groups in total. The predicted octanol–water partition coefficient (Wildman–Crippen LogP) is 8.61. The normalized spacial score (nSPS) is 11.4. The summed E-state index contributed by atoms with van der Waals surface area (Å²) in [4.78, 5) is 13.9. The molecule has 0 saturated carbocycles. The van der Waals surface area contributed by atoms with Gasteiger partial charge in [0.25, 0.3) is 0 Å². The highest BCUT2D eigenvalue weighted by Crippen LogP contribution is 2.44. The summed E-state index contributed by atoms with van der Waals surface area (Å²) in [5.41, 5.74) is 6.58. The van der Waals surface area contributed by atoms with Crippen molar-refractivity contribution in [3.63, 3.8) is 0 Å². The van der Waals surface area contributed by atoms with Gasteiger partial charge in [0, 0.05) is 5.56 Å². The molecule has 0 amide bonds. The van der Waals surface area contributed by atoms with Crippen molar-refractivity contribution in [2.75, 3.05) is 0 Å². The molecule has 1 aromatic heterocycles. The molecule has 0 radical (unpaired) electrons. The van der Waals surface area contributed by atoms with E-state index in [4.69, 9.17) is 4.74 Å². The highest BCUT2D eigenvalue weighted by molar-refractivity contribution is 5.97. The minimum Gasteiger partial charge on any atom is -0.443 e. The van der Waals surface area contributed by atoms with E-state index in [2.05, 4.69) is 55.5 Å². The molecule has 0 aliphatic heterocycles. The van der Waals surface area contributed by atoms with Gasteiger partial charge in [-0.05, 0) is 55.9 Å². The third kappa shape index (κ3) is 4.99. The van der Waals surface area contributed by atoms with Crippen LogP contribution in [0.15, 0.2) is 91.0 Å². The second kappa shape index (κ2) is 10.1. The first-order valence-electron chi connectivity index (χ1n) is 12.1. The van der Waals surface area contributed by atoms with Gasteiger partial charge in [0.05, 0.1) is 11.4 Å². The van der Waals surface area contributed by atoms with E-state index in [1.54, 1.807) is 0 Å². The average molecular weight is 452 g/mol. The molecule has 3 nitrogen and oxygen atoms in total. The summed E-state index contributed by atoms with van der Waals surface area (Å²) in [5, 5.41) is 0. The van der Waals surface area contributed by atoms with Crippen LogP contribution in [0.5, 0.6) is 0 Å². The molecule has 34 heavy (non-hydrogen) atoms. The summed E-state index contributed by atoms with van der Waals surface area (Å²) in [5.74, 6) is 0. The fourth-order valence-electron chi connectivity index (χ4n) is 4.39. The van der Waals surface area contributed by atoms with E-state index in [1.165, 1.54) is 5.56 Å². The van der Waals surface area contributed by atoms with Crippen molar-refractivity contribution in [2.45, 2.75) is 52.6 Å². The lowest BCUT2D eigenvalue weighted by Crippen LogP contribution is -2.28. The molecule has 0 unspecified atom stereocenters. The van der Waals surface area contributed by atoms with Crippen molar-refractivity contribution < 1.29 is 9.53 Å². The minimum absolute atomic E-state index is 0.356. The zero-order chi connectivity index (χ0) is 24.1. The number of hydrogen-bond acceptors (Lipinski definition) is 2. The van der Waals surface area contributed by atoms with E-state index < -0.39 is 5.60 Å². The number of rotatable bonds is 6. The van der Waals surface area contributed by atoms with Crippen molar-refractivity contribution >= 4 is 6.09 Å². The van der Waals surface area contributed by atoms with Crippen LogP contribution in [0.4, 0.5) is 4.79 Å². The number of nitrogens with zero attached hydrogens (tertiary/aromatic N) is 1. The summed E-state index contributed by atoms with van der Waals surface area (Å²) in [6.07, 6.45) is 2.62. The van der Waals surface area contributed by atoms with Gasteiger partial charge in [0.15, 0.2) is 0 Å². The van der Waals surface area contributed by atoms with Crippen molar-refractivity contribution in [1.82, 2.24) is 4.57 Å². The van der Waals surface area contributed by atoms with Crippen LogP contribution >= 0.6 is 0 Å². The number of aromatic nitrogens is 1. The average Bonchev–Trinajstić information content (AvgIpc) is 3.18. The van der Waals surface area contributed by atoms with Gasteiger partial charge in [0.1, 0.15) is 5.60 Å². The Balaban J connectivity index is 2.14.